The molecule has 3 N–H and O–H groups in total. The first-order valence-corrected chi connectivity index (χ1v) is 8.34. The number of amides is 2. The minimum Gasteiger partial charge on any atom is -0.351 e. The van der Waals surface area contributed by atoms with Crippen LogP contribution in [0, 0.1) is 17.8 Å². The quantitative estimate of drug-likeness (QED) is 0.801. The zero-order valence-electron chi connectivity index (χ0n) is 13.3. The van der Waals surface area contributed by atoms with E-state index in [1.165, 1.54) is 19.3 Å². The first kappa shape index (κ1) is 17.5. The lowest BCUT2D eigenvalue weighted by molar-refractivity contribution is -0.135. The van der Waals surface area contributed by atoms with Crippen molar-refractivity contribution in [2.75, 3.05) is 13.6 Å². The van der Waals surface area contributed by atoms with Crippen molar-refractivity contribution in [2.24, 2.45) is 23.5 Å². The molecule has 126 valence electrons. The van der Waals surface area contributed by atoms with Crippen LogP contribution in [0.4, 0.5) is 0 Å². The molecule has 3 unspecified atom stereocenters. The standard InChI is InChI=1S/C16H27N3O2.ClH/c1-19-9-13(5-6-14(19)20)18-16(21)12-7-10-3-2-4-11(8-12)15(10)17;/h10-13,15H,2-9,17H2,1H3,(H,18,21);1H. The Hall–Kier alpha value is -0.810. The third-order valence-corrected chi connectivity index (χ3v) is 5.76. The average Bonchev–Trinajstić information content (AvgIpc) is 2.42. The Labute approximate surface area is 138 Å². The van der Waals surface area contributed by atoms with E-state index in [0.29, 0.717) is 30.8 Å². The lowest BCUT2D eigenvalue weighted by Gasteiger charge is -2.44. The fourth-order valence-corrected chi connectivity index (χ4v) is 4.45. The van der Waals surface area contributed by atoms with E-state index in [1.807, 2.05) is 7.05 Å². The largest absolute Gasteiger partial charge is 0.351 e. The summed E-state index contributed by atoms with van der Waals surface area (Å²) in [4.78, 5) is 25.8. The van der Waals surface area contributed by atoms with Crippen LogP contribution in [-0.4, -0.2) is 42.4 Å². The number of hydrogen-bond acceptors (Lipinski definition) is 3. The molecule has 1 saturated heterocycles. The second-order valence-corrected chi connectivity index (χ2v) is 7.22. The van der Waals surface area contributed by atoms with E-state index in [1.54, 1.807) is 4.90 Å². The van der Waals surface area contributed by atoms with Gasteiger partial charge in [-0.15, -0.1) is 12.4 Å². The van der Waals surface area contributed by atoms with E-state index in [-0.39, 0.29) is 36.2 Å². The molecule has 0 aromatic rings. The molecular formula is C16H28ClN3O2. The predicted octanol–water partition coefficient (Wildman–Crippen LogP) is 1.30. The molecule has 22 heavy (non-hydrogen) atoms. The maximum absolute atomic E-state index is 12.5. The third-order valence-electron chi connectivity index (χ3n) is 5.76. The number of rotatable bonds is 2. The van der Waals surface area contributed by atoms with E-state index in [9.17, 15) is 9.59 Å². The van der Waals surface area contributed by atoms with Crippen LogP contribution in [0.25, 0.3) is 0 Å². The van der Waals surface area contributed by atoms with Crippen molar-refractivity contribution in [3.63, 3.8) is 0 Å². The number of nitrogens with zero attached hydrogens (tertiary/aromatic N) is 1. The van der Waals surface area contributed by atoms with Gasteiger partial charge in [0.05, 0.1) is 0 Å². The van der Waals surface area contributed by atoms with Crippen molar-refractivity contribution in [2.45, 2.75) is 57.0 Å². The van der Waals surface area contributed by atoms with Crippen LogP contribution >= 0.6 is 12.4 Å². The van der Waals surface area contributed by atoms with E-state index < -0.39 is 0 Å². The number of carbonyl (C=O) groups excluding carboxylic acids is 2. The first-order valence-electron chi connectivity index (χ1n) is 8.34. The Bertz CT molecular complexity index is 418. The molecule has 2 bridgehead atoms. The molecule has 2 saturated carbocycles. The summed E-state index contributed by atoms with van der Waals surface area (Å²) < 4.78 is 0. The molecule has 3 fully saturated rings. The summed E-state index contributed by atoms with van der Waals surface area (Å²) in [6.07, 6.45) is 6.85. The van der Waals surface area contributed by atoms with Crippen LogP contribution < -0.4 is 11.1 Å². The normalized spacial score (nSPS) is 38.2. The molecule has 2 amide bonds. The minimum atomic E-state index is 0. The Morgan fingerprint density at radius 3 is 2.45 bits per heavy atom. The molecule has 0 aromatic carbocycles. The number of likely N-dealkylation sites (tertiary alicyclic amines) is 1. The lowest BCUT2D eigenvalue weighted by atomic mass is 9.65. The molecule has 0 radical (unpaired) electrons. The summed E-state index contributed by atoms with van der Waals surface area (Å²) in [5.41, 5.74) is 6.29. The maximum atomic E-state index is 12.5. The van der Waals surface area contributed by atoms with E-state index >= 15 is 0 Å². The van der Waals surface area contributed by atoms with Gasteiger partial charge in [0.1, 0.15) is 0 Å². The van der Waals surface area contributed by atoms with Gasteiger partial charge in [-0.2, -0.15) is 0 Å². The van der Waals surface area contributed by atoms with Crippen molar-refractivity contribution in [3.05, 3.63) is 0 Å². The molecule has 0 spiro atoms. The summed E-state index contributed by atoms with van der Waals surface area (Å²) in [6.45, 7) is 0.643. The summed E-state index contributed by atoms with van der Waals surface area (Å²) in [5.74, 6) is 1.56. The molecular weight excluding hydrogens is 302 g/mol. The molecule has 3 atom stereocenters. The number of likely N-dealkylation sites (N-methyl/N-ethyl adjacent to an activating group) is 1. The second-order valence-electron chi connectivity index (χ2n) is 7.22. The Balaban J connectivity index is 0.00000176. The lowest BCUT2D eigenvalue weighted by Crippen LogP contribution is -2.53. The van der Waals surface area contributed by atoms with Crippen molar-refractivity contribution in [1.29, 1.82) is 0 Å². The zero-order valence-corrected chi connectivity index (χ0v) is 14.1. The predicted molar refractivity (Wildman–Crippen MR) is 87.6 cm³/mol. The monoisotopic (exact) mass is 329 g/mol. The van der Waals surface area contributed by atoms with Gasteiger partial charge in [-0.3, -0.25) is 9.59 Å². The van der Waals surface area contributed by atoms with Crippen molar-refractivity contribution in [3.8, 4) is 0 Å². The van der Waals surface area contributed by atoms with Gasteiger partial charge >= 0.3 is 0 Å². The number of fused-ring (bicyclic) bond motifs is 2. The van der Waals surface area contributed by atoms with E-state index in [0.717, 1.165) is 19.3 Å². The Morgan fingerprint density at radius 2 is 1.86 bits per heavy atom. The highest BCUT2D eigenvalue weighted by atomic mass is 35.5. The molecule has 2 aliphatic carbocycles. The number of nitrogens with two attached hydrogens (primary N) is 1. The number of halogens is 1. The second kappa shape index (κ2) is 7.18. The van der Waals surface area contributed by atoms with Gasteiger partial charge in [-0.05, 0) is 43.9 Å². The van der Waals surface area contributed by atoms with Crippen molar-refractivity contribution in [1.82, 2.24) is 10.2 Å². The SMILES string of the molecule is CN1CC(NC(=O)C2CC3CCCC(C2)C3N)CCC1=O.Cl. The molecule has 3 aliphatic rings. The number of hydrogen-bond donors (Lipinski definition) is 2. The Kier molecular flexibility index (Phi) is 5.72. The fourth-order valence-electron chi connectivity index (χ4n) is 4.45. The van der Waals surface area contributed by atoms with Gasteiger partial charge in [-0.25, -0.2) is 0 Å². The number of piperidine rings is 1. The maximum Gasteiger partial charge on any atom is 0.223 e. The summed E-state index contributed by atoms with van der Waals surface area (Å²) in [6, 6.07) is 0.428. The van der Waals surface area contributed by atoms with Gasteiger partial charge in [0.2, 0.25) is 11.8 Å². The van der Waals surface area contributed by atoms with Crippen LogP contribution in [-0.2, 0) is 9.59 Å². The van der Waals surface area contributed by atoms with Crippen LogP contribution in [0.3, 0.4) is 0 Å². The van der Waals surface area contributed by atoms with Gasteiger partial charge in [0.15, 0.2) is 0 Å². The average molecular weight is 330 g/mol. The number of nitrogens with one attached hydrogen (secondary N) is 1. The molecule has 6 heteroatoms. The molecule has 1 heterocycles. The molecule has 0 aromatic heterocycles. The summed E-state index contributed by atoms with van der Waals surface area (Å²) in [5, 5.41) is 3.17. The number of carbonyl (C=O) groups is 2. The van der Waals surface area contributed by atoms with Crippen LogP contribution in [0.2, 0.25) is 0 Å². The molecule has 1 aliphatic heterocycles. The highest BCUT2D eigenvalue weighted by Crippen LogP contribution is 2.41. The van der Waals surface area contributed by atoms with Crippen LogP contribution in [0.1, 0.15) is 44.9 Å². The molecule has 5 nitrogen and oxygen atoms in total. The van der Waals surface area contributed by atoms with Crippen molar-refractivity contribution < 1.29 is 9.59 Å². The topological polar surface area (TPSA) is 75.4 Å². The van der Waals surface area contributed by atoms with Crippen LogP contribution in [0.15, 0.2) is 0 Å². The highest BCUT2D eigenvalue weighted by molar-refractivity contribution is 5.85. The molecule has 3 rings (SSSR count). The van der Waals surface area contributed by atoms with Crippen LogP contribution in [0.5, 0.6) is 0 Å². The van der Waals surface area contributed by atoms with Crippen molar-refractivity contribution >= 4 is 24.2 Å². The fraction of sp³-hybridized carbons (Fsp3) is 0.875. The first-order chi connectivity index (χ1) is 10.0. The van der Waals surface area contributed by atoms with E-state index in [4.69, 9.17) is 5.73 Å². The smallest absolute Gasteiger partial charge is 0.223 e. The summed E-state index contributed by atoms with van der Waals surface area (Å²) in [7, 11) is 1.81. The van der Waals surface area contributed by atoms with E-state index in [2.05, 4.69) is 5.32 Å². The van der Waals surface area contributed by atoms with Gasteiger partial charge in [0.25, 0.3) is 0 Å². The zero-order chi connectivity index (χ0) is 15.0. The van der Waals surface area contributed by atoms with Gasteiger partial charge in [-0.1, -0.05) is 6.42 Å². The van der Waals surface area contributed by atoms with Gasteiger partial charge < -0.3 is 16.0 Å². The highest BCUT2D eigenvalue weighted by Gasteiger charge is 2.41. The van der Waals surface area contributed by atoms with Gasteiger partial charge in [0, 0.05) is 38.0 Å². The third kappa shape index (κ3) is 3.57. The summed E-state index contributed by atoms with van der Waals surface area (Å²) >= 11 is 0. The Morgan fingerprint density at radius 1 is 1.23 bits per heavy atom. The minimum absolute atomic E-state index is 0.